The number of nitrogens with zero attached hydrogens (tertiary/aromatic N) is 1. The van der Waals surface area contributed by atoms with E-state index in [1.54, 1.807) is 24.3 Å². The first-order valence-corrected chi connectivity index (χ1v) is 4.98. The van der Waals surface area contributed by atoms with E-state index in [4.69, 9.17) is 5.11 Å². The lowest BCUT2D eigenvalue weighted by atomic mass is 10.1. The molecule has 17 heavy (non-hydrogen) atoms. The summed E-state index contributed by atoms with van der Waals surface area (Å²) < 4.78 is 0. The monoisotopic (exact) mass is 230 g/mol. The molecule has 2 aromatic rings. The molecule has 1 aromatic carbocycles. The van der Waals surface area contributed by atoms with Gasteiger partial charge >= 0.3 is 5.97 Å². The van der Waals surface area contributed by atoms with Crippen molar-refractivity contribution in [1.29, 1.82) is 0 Å². The number of rotatable bonds is 2. The number of carbonyl (C=O) groups is 2. The molecule has 0 bridgehead atoms. The lowest BCUT2D eigenvalue weighted by molar-refractivity contribution is 0.0690. The molecule has 5 nitrogen and oxygen atoms in total. The van der Waals surface area contributed by atoms with Gasteiger partial charge in [0.05, 0.1) is 0 Å². The molecule has 86 valence electrons. The lowest BCUT2D eigenvalue weighted by Crippen LogP contribution is -2.20. The molecular formula is C12H10N2O3. The highest BCUT2D eigenvalue weighted by Gasteiger charge is 2.15. The zero-order valence-electron chi connectivity index (χ0n) is 9.10. The van der Waals surface area contributed by atoms with Crippen molar-refractivity contribution >= 4 is 22.6 Å². The number of carboxylic acid groups (broad SMARTS) is 1. The van der Waals surface area contributed by atoms with E-state index in [-0.39, 0.29) is 11.4 Å². The van der Waals surface area contributed by atoms with Crippen LogP contribution in [-0.4, -0.2) is 29.0 Å². The molecular weight excluding hydrogens is 220 g/mol. The Labute approximate surface area is 97.1 Å². The van der Waals surface area contributed by atoms with E-state index in [9.17, 15) is 9.59 Å². The number of pyridine rings is 1. The number of nitrogens with one attached hydrogen (secondary N) is 1. The second kappa shape index (κ2) is 4.21. The van der Waals surface area contributed by atoms with Gasteiger partial charge in [-0.2, -0.15) is 0 Å². The van der Waals surface area contributed by atoms with Crippen LogP contribution in [0.15, 0.2) is 30.3 Å². The quantitative estimate of drug-likeness (QED) is 0.814. The lowest BCUT2D eigenvalue weighted by Gasteiger charge is -2.05. The molecule has 1 heterocycles. The number of hydrogen-bond acceptors (Lipinski definition) is 3. The number of aromatic carboxylic acids is 1. The summed E-state index contributed by atoms with van der Waals surface area (Å²) in [6, 6.07) is 8.48. The Morgan fingerprint density at radius 1 is 1.29 bits per heavy atom. The number of hydrogen-bond donors (Lipinski definition) is 2. The van der Waals surface area contributed by atoms with Crippen LogP contribution in [0.2, 0.25) is 0 Å². The summed E-state index contributed by atoms with van der Waals surface area (Å²) in [5.74, 6) is -1.55. The average molecular weight is 230 g/mol. The van der Waals surface area contributed by atoms with Crippen molar-refractivity contribution in [3.05, 3.63) is 41.7 Å². The second-order valence-electron chi connectivity index (χ2n) is 3.46. The van der Waals surface area contributed by atoms with Crippen molar-refractivity contribution < 1.29 is 14.7 Å². The van der Waals surface area contributed by atoms with Crippen LogP contribution in [0.25, 0.3) is 10.8 Å². The maximum absolute atomic E-state index is 11.6. The van der Waals surface area contributed by atoms with Crippen LogP contribution < -0.4 is 5.32 Å². The zero-order valence-corrected chi connectivity index (χ0v) is 9.10. The Hall–Kier alpha value is -2.43. The predicted octanol–water partition coefficient (Wildman–Crippen LogP) is 1.29. The molecule has 1 amide bonds. The highest BCUT2D eigenvalue weighted by molar-refractivity contribution is 6.06. The van der Waals surface area contributed by atoms with Crippen LogP contribution in [0, 0.1) is 0 Å². The van der Waals surface area contributed by atoms with Crippen LogP contribution >= 0.6 is 0 Å². The molecule has 2 N–H and O–H groups in total. The van der Waals surface area contributed by atoms with Gasteiger partial charge in [0.25, 0.3) is 5.91 Å². The van der Waals surface area contributed by atoms with Crippen LogP contribution in [-0.2, 0) is 0 Å². The molecule has 0 unspecified atom stereocenters. The Balaban J connectivity index is 2.78. The van der Waals surface area contributed by atoms with E-state index in [1.165, 1.54) is 13.1 Å². The van der Waals surface area contributed by atoms with Gasteiger partial charge in [0, 0.05) is 12.4 Å². The molecule has 0 aliphatic rings. The minimum atomic E-state index is -1.15. The largest absolute Gasteiger partial charge is 0.477 e. The Morgan fingerprint density at radius 2 is 2.00 bits per heavy atom. The molecule has 0 aliphatic heterocycles. The highest BCUT2D eigenvalue weighted by atomic mass is 16.4. The third-order valence-corrected chi connectivity index (χ3v) is 2.40. The first-order chi connectivity index (χ1) is 8.13. The van der Waals surface area contributed by atoms with Crippen molar-refractivity contribution in [2.24, 2.45) is 0 Å². The van der Waals surface area contributed by atoms with E-state index >= 15 is 0 Å². The van der Waals surface area contributed by atoms with E-state index in [1.807, 2.05) is 0 Å². The van der Waals surface area contributed by atoms with Gasteiger partial charge < -0.3 is 10.4 Å². The molecule has 0 saturated carbocycles. The van der Waals surface area contributed by atoms with Crippen LogP contribution in [0.1, 0.15) is 21.0 Å². The summed E-state index contributed by atoms with van der Waals surface area (Å²) >= 11 is 0. The number of fused-ring (bicyclic) bond motifs is 1. The molecule has 0 saturated heterocycles. The van der Waals surface area contributed by atoms with E-state index in [0.29, 0.717) is 10.8 Å². The normalized spacial score (nSPS) is 10.2. The van der Waals surface area contributed by atoms with Crippen LogP contribution in [0.4, 0.5) is 0 Å². The number of amides is 1. The number of aromatic nitrogens is 1. The molecule has 0 aliphatic carbocycles. The second-order valence-corrected chi connectivity index (χ2v) is 3.46. The standard InChI is InChI=1S/C12H10N2O3/c1-13-11(15)10-8-5-3-2-4-7(8)6-9(14-10)12(16)17/h2-6H,1H3,(H,13,15)(H,16,17). The van der Waals surface area contributed by atoms with Crippen molar-refractivity contribution in [2.75, 3.05) is 7.05 Å². The molecule has 0 atom stereocenters. The topological polar surface area (TPSA) is 79.3 Å². The van der Waals surface area contributed by atoms with Crippen molar-refractivity contribution in [2.45, 2.75) is 0 Å². The summed E-state index contributed by atoms with van der Waals surface area (Å²) in [4.78, 5) is 26.4. The first kappa shape index (κ1) is 11.1. The van der Waals surface area contributed by atoms with Gasteiger partial charge in [-0.3, -0.25) is 4.79 Å². The van der Waals surface area contributed by atoms with Crippen LogP contribution in [0.5, 0.6) is 0 Å². The Morgan fingerprint density at radius 3 is 2.65 bits per heavy atom. The third-order valence-electron chi connectivity index (χ3n) is 2.40. The molecule has 2 rings (SSSR count). The van der Waals surface area contributed by atoms with E-state index in [0.717, 1.165) is 0 Å². The summed E-state index contributed by atoms with van der Waals surface area (Å²) in [6.07, 6.45) is 0. The van der Waals surface area contributed by atoms with Gasteiger partial charge in [-0.05, 0) is 11.5 Å². The van der Waals surface area contributed by atoms with Gasteiger partial charge in [0.2, 0.25) is 0 Å². The summed E-state index contributed by atoms with van der Waals surface area (Å²) in [6.45, 7) is 0. The fourth-order valence-electron chi connectivity index (χ4n) is 1.60. The van der Waals surface area contributed by atoms with Gasteiger partial charge in [-0.15, -0.1) is 0 Å². The van der Waals surface area contributed by atoms with Crippen molar-refractivity contribution in [1.82, 2.24) is 10.3 Å². The molecule has 0 fully saturated rings. The minimum Gasteiger partial charge on any atom is -0.477 e. The van der Waals surface area contributed by atoms with Crippen LogP contribution in [0.3, 0.4) is 0 Å². The highest BCUT2D eigenvalue weighted by Crippen LogP contribution is 2.18. The first-order valence-electron chi connectivity index (χ1n) is 4.98. The predicted molar refractivity (Wildman–Crippen MR) is 62.1 cm³/mol. The summed E-state index contributed by atoms with van der Waals surface area (Å²) in [5, 5.41) is 12.7. The summed E-state index contributed by atoms with van der Waals surface area (Å²) in [7, 11) is 1.48. The molecule has 0 spiro atoms. The van der Waals surface area contributed by atoms with E-state index < -0.39 is 11.9 Å². The third kappa shape index (κ3) is 1.94. The number of carbonyl (C=O) groups excluding carboxylic acids is 1. The fraction of sp³-hybridized carbons (Fsp3) is 0.0833. The van der Waals surface area contributed by atoms with Gasteiger partial charge in [0.1, 0.15) is 11.4 Å². The zero-order chi connectivity index (χ0) is 12.4. The maximum Gasteiger partial charge on any atom is 0.354 e. The Bertz CT molecular complexity index is 608. The van der Waals surface area contributed by atoms with Crippen molar-refractivity contribution in [3.63, 3.8) is 0 Å². The van der Waals surface area contributed by atoms with Crippen molar-refractivity contribution in [3.8, 4) is 0 Å². The molecule has 0 radical (unpaired) electrons. The Kier molecular flexibility index (Phi) is 2.74. The van der Waals surface area contributed by atoms with Gasteiger partial charge in [-0.25, -0.2) is 9.78 Å². The summed E-state index contributed by atoms with van der Waals surface area (Å²) in [5.41, 5.74) is -0.00898. The number of carboxylic acids is 1. The van der Waals surface area contributed by atoms with E-state index in [2.05, 4.69) is 10.3 Å². The molecule has 1 aromatic heterocycles. The van der Waals surface area contributed by atoms with Gasteiger partial charge in [-0.1, -0.05) is 24.3 Å². The average Bonchev–Trinajstić information content (AvgIpc) is 2.36. The van der Waals surface area contributed by atoms with Gasteiger partial charge in [0.15, 0.2) is 0 Å². The smallest absolute Gasteiger partial charge is 0.354 e. The molecule has 5 heteroatoms. The fourth-order valence-corrected chi connectivity index (χ4v) is 1.60. The maximum atomic E-state index is 11.6. The SMILES string of the molecule is CNC(=O)c1nc(C(=O)O)cc2ccccc12. The number of benzene rings is 1. The minimum absolute atomic E-state index is 0.128.